The van der Waals surface area contributed by atoms with Gasteiger partial charge in [-0.3, -0.25) is 0 Å². The maximum atomic E-state index is 12.5. The molecule has 0 aromatic carbocycles. The van der Waals surface area contributed by atoms with Crippen LogP contribution in [0.3, 0.4) is 0 Å². The van der Waals surface area contributed by atoms with E-state index in [1.807, 2.05) is 0 Å². The maximum Gasteiger partial charge on any atom is 0.119 e. The van der Waals surface area contributed by atoms with Crippen LogP contribution in [0, 0.1) is 0 Å². The van der Waals surface area contributed by atoms with Crippen LogP contribution in [0.15, 0.2) is 35.5 Å². The predicted octanol–water partition coefficient (Wildman–Crippen LogP) is 3.04. The Labute approximate surface area is 58.6 Å². The fourth-order valence-electron chi connectivity index (χ4n) is 0.819. The Bertz CT molecular complexity index is 221. The lowest BCUT2D eigenvalue weighted by Gasteiger charge is -1.86. The van der Waals surface area contributed by atoms with E-state index >= 15 is 0 Å². The first kappa shape index (κ1) is 7.19. The van der Waals surface area contributed by atoms with E-state index < -0.39 is 0 Å². The Kier molecular flexibility index (Phi) is 2.00. The minimum Gasteiger partial charge on any atom is -0.211 e. The van der Waals surface area contributed by atoms with Crippen molar-refractivity contribution in [2.24, 2.45) is 0 Å². The van der Waals surface area contributed by atoms with Crippen LogP contribution in [-0.4, -0.2) is 0 Å². The molecule has 0 aromatic heterocycles. The third-order valence-corrected chi connectivity index (χ3v) is 1.24. The van der Waals surface area contributed by atoms with Crippen molar-refractivity contribution in [1.82, 2.24) is 0 Å². The maximum absolute atomic E-state index is 12.5. The van der Waals surface area contributed by atoms with E-state index in [0.717, 1.165) is 0 Å². The quantitative estimate of drug-likeness (QED) is 0.487. The average Bonchev–Trinajstić information content (AvgIpc) is 1.93. The van der Waals surface area contributed by atoms with Gasteiger partial charge in [0, 0.05) is 6.42 Å². The molecule has 0 nitrogen and oxygen atoms in total. The summed E-state index contributed by atoms with van der Waals surface area (Å²) in [7, 11) is 0. The lowest BCUT2D eigenvalue weighted by atomic mass is 10.2. The molecule has 0 aromatic rings. The first-order valence-corrected chi connectivity index (χ1v) is 3.08. The van der Waals surface area contributed by atoms with Gasteiger partial charge in [-0.2, -0.15) is 0 Å². The molecule has 0 amide bonds. The summed E-state index contributed by atoms with van der Waals surface area (Å²) in [5.74, 6) is -0.650. The predicted molar refractivity (Wildman–Crippen MR) is 36.8 cm³/mol. The summed E-state index contributed by atoms with van der Waals surface area (Å²) in [6, 6.07) is 0. The van der Waals surface area contributed by atoms with Gasteiger partial charge >= 0.3 is 0 Å². The van der Waals surface area contributed by atoms with E-state index in [1.54, 1.807) is 6.92 Å². The second kappa shape index (κ2) is 2.78. The number of rotatable bonds is 0. The summed E-state index contributed by atoms with van der Waals surface area (Å²) >= 11 is 0. The molecule has 0 spiro atoms. The van der Waals surface area contributed by atoms with Crippen LogP contribution in [0.2, 0.25) is 0 Å². The molecule has 0 N–H and O–H groups in total. The van der Waals surface area contributed by atoms with Gasteiger partial charge in [-0.1, -0.05) is 0 Å². The highest BCUT2D eigenvalue weighted by molar-refractivity contribution is 5.30. The van der Waals surface area contributed by atoms with Crippen molar-refractivity contribution in [2.75, 3.05) is 0 Å². The van der Waals surface area contributed by atoms with Gasteiger partial charge in [-0.05, 0) is 30.7 Å². The molecule has 0 saturated heterocycles. The van der Waals surface area contributed by atoms with Crippen LogP contribution in [-0.2, 0) is 0 Å². The van der Waals surface area contributed by atoms with Gasteiger partial charge in [0.25, 0.3) is 0 Å². The molecule has 2 heteroatoms. The van der Waals surface area contributed by atoms with Crippen molar-refractivity contribution in [3.8, 4) is 0 Å². The zero-order valence-electron chi connectivity index (χ0n) is 5.70. The largest absolute Gasteiger partial charge is 0.211 e. The number of halogens is 2. The molecule has 0 bridgehead atoms. The summed E-state index contributed by atoms with van der Waals surface area (Å²) in [6.07, 6.45) is 3.94. The monoisotopic (exact) mass is 142 g/mol. The first-order valence-electron chi connectivity index (χ1n) is 3.08. The van der Waals surface area contributed by atoms with Crippen molar-refractivity contribution in [3.63, 3.8) is 0 Å². The molecule has 0 aliphatic heterocycles. The summed E-state index contributed by atoms with van der Waals surface area (Å²) in [5, 5.41) is 0. The number of allylic oxidation sites excluding steroid dienone is 6. The SMILES string of the molecule is CC1=CC(F)=CCC(F)=C1. The van der Waals surface area contributed by atoms with Gasteiger partial charge < -0.3 is 0 Å². The summed E-state index contributed by atoms with van der Waals surface area (Å²) in [4.78, 5) is 0. The molecule has 0 heterocycles. The molecule has 1 aliphatic carbocycles. The Morgan fingerprint density at radius 2 is 2.00 bits per heavy atom. The second-order valence-corrected chi connectivity index (χ2v) is 2.27. The molecular weight excluding hydrogens is 134 g/mol. The van der Waals surface area contributed by atoms with E-state index in [0.29, 0.717) is 5.57 Å². The Hall–Kier alpha value is -0.920. The molecule has 10 heavy (non-hydrogen) atoms. The zero-order chi connectivity index (χ0) is 7.56. The van der Waals surface area contributed by atoms with Crippen molar-refractivity contribution in [1.29, 1.82) is 0 Å². The van der Waals surface area contributed by atoms with Gasteiger partial charge in [-0.25, -0.2) is 8.78 Å². The Morgan fingerprint density at radius 3 is 2.70 bits per heavy atom. The molecule has 1 rings (SSSR count). The first-order chi connectivity index (χ1) is 4.68. The standard InChI is InChI=1S/C8H8F2/c1-6-4-7(9)2-3-8(10)5-6/h2,4-5H,3H2,1H3. The highest BCUT2D eigenvalue weighted by Crippen LogP contribution is 2.17. The molecule has 0 atom stereocenters. The number of hydrogen-bond acceptors (Lipinski definition) is 0. The van der Waals surface area contributed by atoms with E-state index in [1.165, 1.54) is 18.2 Å². The fourth-order valence-corrected chi connectivity index (χ4v) is 0.819. The van der Waals surface area contributed by atoms with E-state index in [-0.39, 0.29) is 18.1 Å². The van der Waals surface area contributed by atoms with Crippen LogP contribution >= 0.6 is 0 Å². The third-order valence-electron chi connectivity index (χ3n) is 1.24. The van der Waals surface area contributed by atoms with E-state index in [2.05, 4.69) is 0 Å². The van der Waals surface area contributed by atoms with Gasteiger partial charge in [0.1, 0.15) is 11.7 Å². The Morgan fingerprint density at radius 1 is 1.30 bits per heavy atom. The molecule has 1 aliphatic rings. The van der Waals surface area contributed by atoms with Crippen LogP contribution < -0.4 is 0 Å². The topological polar surface area (TPSA) is 0 Å². The van der Waals surface area contributed by atoms with Crippen molar-refractivity contribution in [2.45, 2.75) is 13.3 Å². The smallest absolute Gasteiger partial charge is 0.119 e. The second-order valence-electron chi connectivity index (χ2n) is 2.27. The highest BCUT2D eigenvalue weighted by atomic mass is 19.1. The minimum absolute atomic E-state index is 0.0691. The molecular formula is C8H8F2. The molecule has 0 saturated carbocycles. The van der Waals surface area contributed by atoms with E-state index in [9.17, 15) is 8.78 Å². The molecule has 54 valence electrons. The normalized spacial score (nSPS) is 18.9. The molecule has 0 fully saturated rings. The summed E-state index contributed by atoms with van der Waals surface area (Å²) in [5.41, 5.74) is 0.615. The zero-order valence-corrected chi connectivity index (χ0v) is 5.70. The van der Waals surface area contributed by atoms with Crippen LogP contribution in [0.4, 0.5) is 8.78 Å². The van der Waals surface area contributed by atoms with E-state index in [4.69, 9.17) is 0 Å². The molecule has 0 radical (unpaired) electrons. The minimum atomic E-state index is -0.360. The van der Waals surface area contributed by atoms with Crippen molar-refractivity contribution in [3.05, 3.63) is 35.5 Å². The molecule has 0 unspecified atom stereocenters. The Balaban J connectivity index is 2.90. The summed E-state index contributed by atoms with van der Waals surface area (Å²) in [6.45, 7) is 1.66. The van der Waals surface area contributed by atoms with Crippen LogP contribution in [0.5, 0.6) is 0 Å². The van der Waals surface area contributed by atoms with Gasteiger partial charge in [0.05, 0.1) is 0 Å². The van der Waals surface area contributed by atoms with Gasteiger partial charge in [0.2, 0.25) is 0 Å². The van der Waals surface area contributed by atoms with Gasteiger partial charge in [-0.15, -0.1) is 0 Å². The summed E-state index contributed by atoms with van der Waals surface area (Å²) < 4.78 is 24.9. The lowest BCUT2D eigenvalue weighted by Crippen LogP contribution is -1.68. The lowest BCUT2D eigenvalue weighted by molar-refractivity contribution is 0.609. The fraction of sp³-hybridized carbons (Fsp3) is 0.250. The average molecular weight is 142 g/mol. The number of hydrogen-bond donors (Lipinski definition) is 0. The van der Waals surface area contributed by atoms with Crippen LogP contribution in [0.25, 0.3) is 0 Å². The van der Waals surface area contributed by atoms with Crippen molar-refractivity contribution >= 4 is 0 Å². The van der Waals surface area contributed by atoms with Crippen molar-refractivity contribution < 1.29 is 8.78 Å². The van der Waals surface area contributed by atoms with Crippen LogP contribution in [0.1, 0.15) is 13.3 Å². The third kappa shape index (κ3) is 1.79. The van der Waals surface area contributed by atoms with Gasteiger partial charge in [0.15, 0.2) is 0 Å². The highest BCUT2D eigenvalue weighted by Gasteiger charge is 2.00.